The van der Waals surface area contributed by atoms with Crippen molar-refractivity contribution in [1.29, 1.82) is 0 Å². The number of nitrogens with zero attached hydrogens (tertiary/aromatic N) is 1. The van der Waals surface area contributed by atoms with Crippen molar-refractivity contribution >= 4 is 32.5 Å². The van der Waals surface area contributed by atoms with E-state index in [-0.39, 0.29) is 4.90 Å². The van der Waals surface area contributed by atoms with Crippen LogP contribution >= 0.6 is 0 Å². The normalized spacial score (nSPS) is 18.2. The lowest BCUT2D eigenvalue weighted by Crippen LogP contribution is -2.30. The van der Waals surface area contributed by atoms with Crippen LogP contribution in [-0.4, -0.2) is 46.2 Å². The van der Waals surface area contributed by atoms with Crippen molar-refractivity contribution in [1.82, 2.24) is 4.72 Å². The monoisotopic (exact) mass is 385 g/mol. The standard InChI is InChI=1S/C18H25N3O4S/c1-21(2)16-10-5-8-14-13(16)7-6-11-17(14)26(24,25)20-12-4-3-9-15(19)18(22)23/h5-8,10-11,15,20H,3-4,9,12,19H2,1-2H3,(H,22,23)/t15-/m0/s1/i3T,4T,9T/t3?,4?,9?,15-. The Hall–Kier alpha value is -2.16. The van der Waals surface area contributed by atoms with Crippen LogP contribution in [0, 0.1) is 0 Å². The molecule has 8 heteroatoms. The van der Waals surface area contributed by atoms with Crippen LogP contribution in [0.25, 0.3) is 10.8 Å². The Kier molecular flexibility index (Phi) is 5.23. The summed E-state index contributed by atoms with van der Waals surface area (Å²) in [4.78, 5) is 12.8. The number of sulfonamides is 1. The molecule has 2 rings (SSSR count). The van der Waals surface area contributed by atoms with E-state index < -0.39 is 47.8 Å². The van der Waals surface area contributed by atoms with E-state index in [0.717, 1.165) is 11.1 Å². The van der Waals surface area contributed by atoms with Crippen molar-refractivity contribution in [3.05, 3.63) is 36.4 Å². The second-order valence-corrected chi connectivity index (χ2v) is 7.59. The number of carboxylic acid groups (broad SMARTS) is 1. The van der Waals surface area contributed by atoms with Gasteiger partial charge in [0, 0.05) is 41.2 Å². The van der Waals surface area contributed by atoms with E-state index in [1.54, 1.807) is 18.2 Å². The summed E-state index contributed by atoms with van der Waals surface area (Å²) >= 11 is 0. The van der Waals surface area contributed by atoms with Gasteiger partial charge in [-0.05, 0) is 24.9 Å². The first-order valence-corrected chi connectivity index (χ1v) is 9.39. The molecule has 4 N–H and O–H groups in total. The Morgan fingerprint density at radius 1 is 1.23 bits per heavy atom. The third kappa shape index (κ3) is 4.72. The molecular weight excluding hydrogens is 354 g/mol. The molecule has 26 heavy (non-hydrogen) atoms. The van der Waals surface area contributed by atoms with Crippen LogP contribution in [0.2, 0.25) is 0 Å². The van der Waals surface area contributed by atoms with Gasteiger partial charge in [-0.3, -0.25) is 4.79 Å². The Labute approximate surface area is 158 Å². The van der Waals surface area contributed by atoms with Crippen molar-refractivity contribution < 1.29 is 22.4 Å². The van der Waals surface area contributed by atoms with Gasteiger partial charge in [-0.25, -0.2) is 13.1 Å². The highest BCUT2D eigenvalue weighted by Crippen LogP contribution is 2.30. The molecule has 0 spiro atoms. The van der Waals surface area contributed by atoms with Gasteiger partial charge < -0.3 is 15.7 Å². The summed E-state index contributed by atoms with van der Waals surface area (Å²) in [6.45, 7) is -0.442. The minimum atomic E-state index is -4.00. The van der Waals surface area contributed by atoms with Crippen molar-refractivity contribution in [3.8, 4) is 0 Å². The molecule has 4 atom stereocenters. The molecule has 0 aromatic heterocycles. The van der Waals surface area contributed by atoms with Crippen molar-refractivity contribution in [2.45, 2.75) is 30.1 Å². The number of fused-ring (bicyclic) bond motifs is 1. The molecule has 0 aliphatic rings. The zero-order valence-electron chi connectivity index (χ0n) is 17.6. The quantitative estimate of drug-likeness (QED) is 0.606. The number of carbonyl (C=O) groups is 1. The van der Waals surface area contributed by atoms with Gasteiger partial charge in [-0.1, -0.05) is 30.7 Å². The molecule has 0 aliphatic heterocycles. The minimum Gasteiger partial charge on any atom is -0.480 e. The minimum absolute atomic E-state index is 0.0390. The predicted octanol–water partition coefficient (Wildman–Crippen LogP) is 1.77. The van der Waals surface area contributed by atoms with Crippen LogP contribution in [0.4, 0.5) is 5.69 Å². The number of nitrogens with two attached hydrogens (primary N) is 1. The molecule has 7 nitrogen and oxygen atoms in total. The SMILES string of the molecule is [3H]C(CNS(=O)(=O)c1cccc2c(N(C)C)cccc12)C([3H])C([3H])[C@H](N)C(=O)O. The Balaban J connectivity index is 2.24. The lowest BCUT2D eigenvalue weighted by molar-refractivity contribution is -0.138. The third-order valence-corrected chi connectivity index (χ3v) is 5.24. The van der Waals surface area contributed by atoms with E-state index in [1.165, 1.54) is 6.07 Å². The number of anilines is 1. The van der Waals surface area contributed by atoms with Gasteiger partial charge in [0.15, 0.2) is 0 Å². The fourth-order valence-electron chi connectivity index (χ4n) is 2.47. The first kappa shape index (κ1) is 16.0. The summed E-state index contributed by atoms with van der Waals surface area (Å²) in [6, 6.07) is 8.58. The molecule has 3 unspecified atom stereocenters. The highest BCUT2D eigenvalue weighted by molar-refractivity contribution is 7.89. The second kappa shape index (κ2) is 8.48. The van der Waals surface area contributed by atoms with Crippen LogP contribution in [0.3, 0.4) is 0 Å². The highest BCUT2D eigenvalue weighted by Gasteiger charge is 2.18. The first-order valence-electron chi connectivity index (χ1n) is 9.64. The molecule has 0 fully saturated rings. The van der Waals surface area contributed by atoms with Gasteiger partial charge in [0.25, 0.3) is 0 Å². The van der Waals surface area contributed by atoms with Gasteiger partial charge in [0.1, 0.15) is 6.04 Å². The van der Waals surface area contributed by atoms with Crippen LogP contribution < -0.4 is 15.4 Å². The maximum absolute atomic E-state index is 12.8. The number of hydrogen-bond donors (Lipinski definition) is 3. The zero-order chi connectivity index (χ0) is 21.9. The molecule has 0 heterocycles. The molecule has 2 aromatic carbocycles. The van der Waals surface area contributed by atoms with Crippen LogP contribution in [0.5, 0.6) is 0 Å². The average molecular weight is 386 g/mol. The largest absolute Gasteiger partial charge is 0.480 e. The van der Waals surface area contributed by atoms with Crippen LogP contribution in [0.15, 0.2) is 41.3 Å². The number of aliphatic carboxylic acids is 1. The number of nitrogens with one attached hydrogen (secondary N) is 1. The maximum Gasteiger partial charge on any atom is 0.320 e. The molecule has 0 bridgehead atoms. The summed E-state index contributed by atoms with van der Waals surface area (Å²) in [5.74, 6) is -1.44. The van der Waals surface area contributed by atoms with E-state index >= 15 is 0 Å². The molecule has 0 saturated carbocycles. The lowest BCUT2D eigenvalue weighted by Gasteiger charge is -2.17. The predicted molar refractivity (Wildman–Crippen MR) is 103 cm³/mol. The van der Waals surface area contributed by atoms with E-state index in [1.807, 2.05) is 31.1 Å². The van der Waals surface area contributed by atoms with Gasteiger partial charge in [-0.2, -0.15) is 0 Å². The first-order chi connectivity index (χ1) is 13.5. The van der Waals surface area contributed by atoms with Gasteiger partial charge in [-0.15, -0.1) is 0 Å². The van der Waals surface area contributed by atoms with Crippen molar-refractivity contribution in [2.24, 2.45) is 5.73 Å². The number of carboxylic acids is 1. The second-order valence-electron chi connectivity index (χ2n) is 5.86. The van der Waals surface area contributed by atoms with Crippen molar-refractivity contribution in [2.75, 3.05) is 25.5 Å². The summed E-state index contributed by atoms with van der Waals surface area (Å²) in [5.41, 5.74) is 6.19. The van der Waals surface area contributed by atoms with Crippen LogP contribution in [0.1, 0.15) is 23.3 Å². The summed E-state index contributed by atoms with van der Waals surface area (Å²) < 4.78 is 51.5. The number of benzene rings is 2. The van der Waals surface area contributed by atoms with Gasteiger partial charge in [0.05, 0.1) is 4.90 Å². The van der Waals surface area contributed by atoms with Crippen molar-refractivity contribution in [3.63, 3.8) is 0 Å². The maximum atomic E-state index is 12.8. The van der Waals surface area contributed by atoms with E-state index in [0.29, 0.717) is 5.39 Å². The fourth-order valence-corrected chi connectivity index (χ4v) is 3.67. The van der Waals surface area contributed by atoms with E-state index in [9.17, 15) is 13.2 Å². The molecular formula is C18H25N3O4S. The molecule has 0 amide bonds. The summed E-state index contributed by atoms with van der Waals surface area (Å²) in [6.07, 6.45) is -4.40. The Bertz CT molecular complexity index is 987. The lowest BCUT2D eigenvalue weighted by atomic mass is 10.1. The zero-order valence-corrected chi connectivity index (χ0v) is 15.4. The summed E-state index contributed by atoms with van der Waals surface area (Å²) in [7, 11) is -0.294. The number of hydrogen-bond acceptors (Lipinski definition) is 5. The summed E-state index contributed by atoms with van der Waals surface area (Å²) in [5, 5.41) is 10.1. The highest BCUT2D eigenvalue weighted by atomic mass is 32.2. The average Bonchev–Trinajstić information content (AvgIpc) is 2.69. The van der Waals surface area contributed by atoms with Gasteiger partial charge in [0.2, 0.25) is 10.0 Å². The smallest absolute Gasteiger partial charge is 0.320 e. The topological polar surface area (TPSA) is 113 Å². The third-order valence-electron chi connectivity index (χ3n) is 3.76. The van der Waals surface area contributed by atoms with Crippen LogP contribution in [-0.2, 0) is 14.8 Å². The molecule has 2 aromatic rings. The molecule has 0 aliphatic carbocycles. The molecule has 0 radical (unpaired) electrons. The number of rotatable bonds is 9. The Morgan fingerprint density at radius 2 is 1.88 bits per heavy atom. The molecule has 0 saturated heterocycles. The van der Waals surface area contributed by atoms with E-state index in [2.05, 4.69) is 4.72 Å². The van der Waals surface area contributed by atoms with E-state index in [4.69, 9.17) is 15.0 Å². The molecule has 142 valence electrons. The fraction of sp³-hybridized carbons (Fsp3) is 0.389. The van der Waals surface area contributed by atoms with Gasteiger partial charge >= 0.3 is 5.97 Å². The Morgan fingerprint density at radius 3 is 2.54 bits per heavy atom.